The molecular formula is C27H23BrN4O2. The normalized spacial score (nSPS) is 12.1. The smallest absolute Gasteiger partial charge is 0.282 e. The van der Waals surface area contributed by atoms with Crippen molar-refractivity contribution >= 4 is 33.0 Å². The van der Waals surface area contributed by atoms with Crippen LogP contribution < -0.4 is 10.3 Å². The fourth-order valence-corrected chi connectivity index (χ4v) is 3.83. The van der Waals surface area contributed by atoms with Gasteiger partial charge in [0, 0.05) is 16.0 Å². The molecule has 4 aromatic rings. The molecule has 0 aliphatic rings. The zero-order chi connectivity index (χ0) is 24.1. The average molecular weight is 515 g/mol. The first-order chi connectivity index (χ1) is 16.5. The maximum Gasteiger partial charge on any atom is 0.282 e. The summed E-state index contributed by atoms with van der Waals surface area (Å²) in [5.41, 5.74) is 2.72. The number of ether oxygens (including phenoxy) is 1. The molecular weight excluding hydrogens is 492 g/mol. The summed E-state index contributed by atoms with van der Waals surface area (Å²) in [5, 5.41) is 14.2. The number of benzene rings is 3. The molecule has 0 unspecified atom stereocenters. The van der Waals surface area contributed by atoms with Gasteiger partial charge in [-0.3, -0.25) is 4.79 Å². The average Bonchev–Trinajstić information content (AvgIpc) is 2.87. The van der Waals surface area contributed by atoms with Gasteiger partial charge in [0.15, 0.2) is 0 Å². The van der Waals surface area contributed by atoms with Crippen LogP contribution in [0, 0.1) is 11.3 Å². The Hall–Kier alpha value is -3.76. The van der Waals surface area contributed by atoms with Crippen molar-refractivity contribution < 1.29 is 4.74 Å². The zero-order valence-electron chi connectivity index (χ0n) is 18.9. The predicted molar refractivity (Wildman–Crippen MR) is 137 cm³/mol. The highest BCUT2D eigenvalue weighted by Crippen LogP contribution is 2.21. The van der Waals surface area contributed by atoms with Crippen molar-refractivity contribution in [3.8, 4) is 11.8 Å². The number of hydrogen-bond acceptors (Lipinski definition) is 5. The van der Waals surface area contributed by atoms with E-state index >= 15 is 0 Å². The van der Waals surface area contributed by atoms with Gasteiger partial charge < -0.3 is 4.74 Å². The lowest BCUT2D eigenvalue weighted by Gasteiger charge is -2.14. The second-order valence-corrected chi connectivity index (χ2v) is 8.84. The van der Waals surface area contributed by atoms with Crippen molar-refractivity contribution in [2.75, 3.05) is 0 Å². The third-order valence-corrected chi connectivity index (χ3v) is 6.11. The van der Waals surface area contributed by atoms with Crippen LogP contribution in [0.25, 0.3) is 10.9 Å². The maximum absolute atomic E-state index is 13.2. The van der Waals surface area contributed by atoms with E-state index < -0.39 is 0 Å². The lowest BCUT2D eigenvalue weighted by Crippen LogP contribution is -2.23. The number of halogens is 1. The van der Waals surface area contributed by atoms with Crippen LogP contribution in [0.4, 0.5) is 0 Å². The molecule has 0 aliphatic carbocycles. The molecule has 0 saturated carbocycles. The van der Waals surface area contributed by atoms with Crippen molar-refractivity contribution in [2.24, 2.45) is 5.10 Å². The Labute approximate surface area is 206 Å². The van der Waals surface area contributed by atoms with Crippen LogP contribution in [0.3, 0.4) is 0 Å². The lowest BCUT2D eigenvalue weighted by atomic mass is 10.1. The Morgan fingerprint density at radius 2 is 1.94 bits per heavy atom. The van der Waals surface area contributed by atoms with Crippen LogP contribution in [0.2, 0.25) is 0 Å². The van der Waals surface area contributed by atoms with E-state index in [0.717, 1.165) is 22.0 Å². The molecule has 0 N–H and O–H groups in total. The summed E-state index contributed by atoms with van der Waals surface area (Å²) in [7, 11) is 0. The molecule has 1 atom stereocenters. The van der Waals surface area contributed by atoms with Crippen molar-refractivity contribution in [3.63, 3.8) is 0 Å². The maximum atomic E-state index is 13.2. The number of hydrogen-bond donors (Lipinski definition) is 0. The van der Waals surface area contributed by atoms with Gasteiger partial charge in [-0.2, -0.15) is 15.0 Å². The van der Waals surface area contributed by atoms with Crippen molar-refractivity contribution in [3.05, 3.63) is 104 Å². The van der Waals surface area contributed by atoms with Crippen molar-refractivity contribution in [2.45, 2.75) is 32.8 Å². The zero-order valence-corrected chi connectivity index (χ0v) is 20.5. The minimum atomic E-state index is -0.200. The van der Waals surface area contributed by atoms with Gasteiger partial charge in [-0.05, 0) is 60.5 Å². The van der Waals surface area contributed by atoms with Crippen LogP contribution >= 0.6 is 15.9 Å². The number of rotatable bonds is 7. The van der Waals surface area contributed by atoms with Gasteiger partial charge in [0.25, 0.3) is 5.56 Å². The number of nitriles is 1. The Bertz CT molecular complexity index is 1450. The summed E-state index contributed by atoms with van der Waals surface area (Å²) in [6.45, 7) is 4.41. The molecule has 0 spiro atoms. The molecule has 0 bridgehead atoms. The van der Waals surface area contributed by atoms with Gasteiger partial charge in [-0.25, -0.2) is 4.98 Å². The summed E-state index contributed by atoms with van der Waals surface area (Å²) >= 11 is 3.43. The standard InChI is InChI=1S/C27H23BrN4O2/c1-3-18(2)26-31-25-13-10-22(28)14-24(25)27(33)32(26)30-16-19-8-11-23(12-9-19)34-17-21-7-5-4-6-20(21)15-29/h4-14,16,18H,3,17H2,1-2H3/t18-/m0/s1. The molecule has 1 aromatic heterocycles. The van der Waals surface area contributed by atoms with Gasteiger partial charge in [0.2, 0.25) is 0 Å². The molecule has 0 aliphatic heterocycles. The molecule has 170 valence electrons. The molecule has 0 fully saturated rings. The molecule has 0 radical (unpaired) electrons. The van der Waals surface area contributed by atoms with Gasteiger partial charge >= 0.3 is 0 Å². The van der Waals surface area contributed by atoms with Crippen LogP contribution in [-0.2, 0) is 6.61 Å². The van der Waals surface area contributed by atoms with E-state index in [-0.39, 0.29) is 11.5 Å². The number of nitrogens with zero attached hydrogens (tertiary/aromatic N) is 4. The fourth-order valence-electron chi connectivity index (χ4n) is 3.47. The van der Waals surface area contributed by atoms with Gasteiger partial charge in [0.1, 0.15) is 18.2 Å². The highest BCUT2D eigenvalue weighted by molar-refractivity contribution is 9.10. The minimum absolute atomic E-state index is 0.0740. The van der Waals surface area contributed by atoms with Crippen LogP contribution in [0.1, 0.15) is 48.7 Å². The lowest BCUT2D eigenvalue weighted by molar-refractivity contribution is 0.306. The van der Waals surface area contributed by atoms with E-state index in [1.807, 2.05) is 61.5 Å². The number of fused-ring (bicyclic) bond motifs is 1. The topological polar surface area (TPSA) is 80.3 Å². The van der Waals surface area contributed by atoms with E-state index in [4.69, 9.17) is 9.72 Å². The summed E-state index contributed by atoms with van der Waals surface area (Å²) in [6, 6.07) is 22.4. The third kappa shape index (κ3) is 5.08. The van der Waals surface area contributed by atoms with E-state index in [2.05, 4.69) is 34.0 Å². The molecule has 4 rings (SSSR count). The highest BCUT2D eigenvalue weighted by atomic mass is 79.9. The van der Waals surface area contributed by atoms with E-state index in [0.29, 0.717) is 34.6 Å². The first kappa shape index (κ1) is 23.4. The van der Waals surface area contributed by atoms with E-state index in [9.17, 15) is 10.1 Å². The summed E-state index contributed by atoms with van der Waals surface area (Å²) < 4.78 is 8.04. The summed E-state index contributed by atoms with van der Waals surface area (Å²) in [6.07, 6.45) is 2.48. The molecule has 1 heterocycles. The van der Waals surface area contributed by atoms with Gasteiger partial charge in [-0.1, -0.05) is 48.0 Å². The van der Waals surface area contributed by atoms with Crippen molar-refractivity contribution in [1.82, 2.24) is 9.66 Å². The molecule has 0 amide bonds. The Morgan fingerprint density at radius 1 is 1.18 bits per heavy atom. The first-order valence-electron chi connectivity index (χ1n) is 11.0. The van der Waals surface area contributed by atoms with Crippen LogP contribution in [0.5, 0.6) is 5.75 Å². The monoisotopic (exact) mass is 514 g/mol. The Morgan fingerprint density at radius 3 is 2.68 bits per heavy atom. The van der Waals surface area contributed by atoms with Gasteiger partial charge in [-0.15, -0.1) is 0 Å². The quantitative estimate of drug-likeness (QED) is 0.283. The minimum Gasteiger partial charge on any atom is -0.489 e. The second kappa shape index (κ2) is 10.4. The molecule has 7 heteroatoms. The Balaban J connectivity index is 1.58. The SMILES string of the molecule is CC[C@H](C)c1nc2ccc(Br)cc2c(=O)n1N=Cc1ccc(OCc2ccccc2C#N)cc1. The molecule has 0 saturated heterocycles. The summed E-state index contributed by atoms with van der Waals surface area (Å²) in [5.74, 6) is 1.39. The van der Waals surface area contributed by atoms with Crippen LogP contribution in [0.15, 0.2) is 81.1 Å². The first-order valence-corrected chi connectivity index (χ1v) is 11.8. The van der Waals surface area contributed by atoms with Crippen molar-refractivity contribution in [1.29, 1.82) is 5.26 Å². The second-order valence-electron chi connectivity index (χ2n) is 7.93. The molecule has 3 aromatic carbocycles. The van der Waals surface area contributed by atoms with E-state index in [1.54, 1.807) is 18.3 Å². The van der Waals surface area contributed by atoms with Gasteiger partial charge in [0.05, 0.1) is 28.8 Å². The molecule has 34 heavy (non-hydrogen) atoms. The largest absolute Gasteiger partial charge is 0.489 e. The highest BCUT2D eigenvalue weighted by Gasteiger charge is 2.15. The fraction of sp³-hybridized carbons (Fsp3) is 0.185. The van der Waals surface area contributed by atoms with Crippen LogP contribution in [-0.4, -0.2) is 15.9 Å². The summed E-state index contributed by atoms with van der Waals surface area (Å²) in [4.78, 5) is 17.9. The number of aromatic nitrogens is 2. The van der Waals surface area contributed by atoms with E-state index in [1.165, 1.54) is 4.68 Å². The molecule has 6 nitrogen and oxygen atoms in total. The Kier molecular flexibility index (Phi) is 7.19. The third-order valence-electron chi connectivity index (χ3n) is 5.62. The predicted octanol–water partition coefficient (Wildman–Crippen LogP) is 6.01.